The van der Waals surface area contributed by atoms with Gasteiger partial charge in [-0.15, -0.1) is 0 Å². The number of hydrogen-bond acceptors (Lipinski definition) is 7. The number of halogens is 1. The maximum Gasteiger partial charge on any atom is 0.257 e. The number of pyridine rings is 1. The molecule has 0 saturated carbocycles. The Labute approximate surface area is 212 Å². The van der Waals surface area contributed by atoms with Crippen LogP contribution in [-0.4, -0.2) is 85.7 Å². The van der Waals surface area contributed by atoms with Crippen molar-refractivity contribution in [3.63, 3.8) is 0 Å². The summed E-state index contributed by atoms with van der Waals surface area (Å²) in [7, 11) is 1.46. The molecule has 1 aromatic rings. The lowest BCUT2D eigenvalue weighted by Gasteiger charge is -2.38. The molecular formula is C25H38ClN5O4. The van der Waals surface area contributed by atoms with Crippen LogP contribution in [0.1, 0.15) is 55.3 Å². The van der Waals surface area contributed by atoms with E-state index >= 15 is 0 Å². The molecule has 10 heteroatoms. The average molecular weight is 508 g/mol. The fourth-order valence-corrected chi connectivity index (χ4v) is 5.50. The van der Waals surface area contributed by atoms with Crippen LogP contribution in [-0.2, 0) is 9.53 Å². The molecule has 0 bridgehead atoms. The smallest absolute Gasteiger partial charge is 0.257 e. The van der Waals surface area contributed by atoms with Crippen LogP contribution in [0.25, 0.3) is 0 Å². The number of rotatable bonds is 8. The van der Waals surface area contributed by atoms with E-state index in [1.54, 1.807) is 0 Å². The normalized spacial score (nSPS) is 22.3. The van der Waals surface area contributed by atoms with Crippen molar-refractivity contribution < 1.29 is 19.1 Å². The summed E-state index contributed by atoms with van der Waals surface area (Å²) >= 11 is 6.05. The predicted octanol–water partition coefficient (Wildman–Crippen LogP) is 2.58. The molecule has 1 atom stereocenters. The molecule has 1 unspecified atom stereocenters. The minimum Gasteiger partial charge on any atom is -0.480 e. The molecule has 9 nitrogen and oxygen atoms in total. The van der Waals surface area contributed by atoms with E-state index in [1.807, 2.05) is 0 Å². The van der Waals surface area contributed by atoms with Crippen molar-refractivity contribution in [3.05, 3.63) is 16.7 Å². The highest BCUT2D eigenvalue weighted by atomic mass is 35.5. The number of anilines is 1. The summed E-state index contributed by atoms with van der Waals surface area (Å²) in [5.41, 5.74) is 6.02. The van der Waals surface area contributed by atoms with Crippen LogP contribution in [0, 0.1) is 11.8 Å². The number of nitrogens with two attached hydrogens (primary N) is 1. The Hall–Kier alpha value is -2.10. The number of amides is 2. The SMILES string of the molecule is COc1nc(N)c(Cl)cc1C(=O)NC1CCN(CC2CCN(C(=O)CCC3CCOC3)CC2)CC1. The summed E-state index contributed by atoms with van der Waals surface area (Å²) in [6.45, 7) is 6.37. The maximum absolute atomic E-state index is 12.8. The Morgan fingerprint density at radius 2 is 1.91 bits per heavy atom. The summed E-state index contributed by atoms with van der Waals surface area (Å²) in [5, 5.41) is 3.33. The van der Waals surface area contributed by atoms with Gasteiger partial charge in [-0.05, 0) is 56.4 Å². The second-order valence-corrected chi connectivity index (χ2v) is 10.5. The molecule has 3 fully saturated rings. The highest BCUT2D eigenvalue weighted by Crippen LogP contribution is 2.26. The Morgan fingerprint density at radius 3 is 2.57 bits per heavy atom. The minimum absolute atomic E-state index is 0.101. The number of aromatic nitrogens is 1. The third-order valence-corrected chi connectivity index (χ3v) is 7.91. The first kappa shape index (κ1) is 26.0. The Bertz CT molecular complexity index is 879. The lowest BCUT2D eigenvalue weighted by molar-refractivity contribution is -0.133. The highest BCUT2D eigenvalue weighted by molar-refractivity contribution is 6.33. The van der Waals surface area contributed by atoms with E-state index in [9.17, 15) is 9.59 Å². The van der Waals surface area contributed by atoms with Crippen molar-refractivity contribution in [2.45, 2.75) is 51.0 Å². The van der Waals surface area contributed by atoms with Crippen LogP contribution >= 0.6 is 11.6 Å². The second-order valence-electron chi connectivity index (χ2n) is 10.1. The van der Waals surface area contributed by atoms with E-state index in [4.69, 9.17) is 26.8 Å². The lowest BCUT2D eigenvalue weighted by Crippen LogP contribution is -2.47. The van der Waals surface area contributed by atoms with Crippen LogP contribution in [0.2, 0.25) is 5.02 Å². The Morgan fingerprint density at radius 1 is 1.17 bits per heavy atom. The van der Waals surface area contributed by atoms with Gasteiger partial charge in [0.1, 0.15) is 11.4 Å². The van der Waals surface area contributed by atoms with Crippen LogP contribution in [0.15, 0.2) is 6.07 Å². The summed E-state index contributed by atoms with van der Waals surface area (Å²) < 4.78 is 10.6. The molecule has 3 saturated heterocycles. The highest BCUT2D eigenvalue weighted by Gasteiger charge is 2.28. The first-order chi connectivity index (χ1) is 16.9. The monoisotopic (exact) mass is 507 g/mol. The van der Waals surface area contributed by atoms with Crippen molar-refractivity contribution in [1.82, 2.24) is 20.1 Å². The van der Waals surface area contributed by atoms with Crippen molar-refractivity contribution in [2.75, 3.05) is 58.8 Å². The molecule has 0 aliphatic carbocycles. The number of ether oxygens (including phenoxy) is 2. The first-order valence-electron chi connectivity index (χ1n) is 12.8. The van der Waals surface area contributed by atoms with Crippen LogP contribution in [0.4, 0.5) is 5.82 Å². The zero-order valence-corrected chi connectivity index (χ0v) is 21.4. The van der Waals surface area contributed by atoms with Gasteiger partial charge in [0.05, 0.1) is 12.1 Å². The van der Waals surface area contributed by atoms with Crippen LogP contribution in [0.5, 0.6) is 5.88 Å². The number of likely N-dealkylation sites (tertiary alicyclic amines) is 2. The number of carbonyl (C=O) groups excluding carboxylic acids is 2. The molecule has 4 heterocycles. The molecular weight excluding hydrogens is 470 g/mol. The van der Waals surface area contributed by atoms with Gasteiger partial charge in [-0.3, -0.25) is 9.59 Å². The molecule has 4 rings (SSSR count). The predicted molar refractivity (Wildman–Crippen MR) is 135 cm³/mol. The number of nitrogens with one attached hydrogen (secondary N) is 1. The minimum atomic E-state index is -0.243. The molecule has 1 aromatic heterocycles. The third kappa shape index (κ3) is 6.98. The Kier molecular flexibility index (Phi) is 9.08. The fourth-order valence-electron chi connectivity index (χ4n) is 5.35. The standard InChI is InChI=1S/C25H38ClN5O4/c1-34-25-20(14-21(26)23(27)29-25)24(33)28-19-6-9-30(10-7-19)15-17-4-11-31(12-5-17)22(32)3-2-18-8-13-35-16-18/h14,17-19H,2-13,15-16H2,1H3,(H2,27,29)(H,28,33). The van der Waals surface area contributed by atoms with Gasteiger partial charge in [0, 0.05) is 58.4 Å². The number of hydrogen-bond donors (Lipinski definition) is 2. The molecule has 2 amide bonds. The summed E-state index contributed by atoms with van der Waals surface area (Å²) in [6, 6.07) is 1.61. The number of carbonyl (C=O) groups is 2. The van der Waals surface area contributed by atoms with Gasteiger partial charge in [0.25, 0.3) is 5.91 Å². The molecule has 3 aliphatic heterocycles. The molecule has 0 spiro atoms. The van der Waals surface area contributed by atoms with E-state index in [0.29, 0.717) is 29.7 Å². The van der Waals surface area contributed by atoms with Gasteiger partial charge in [-0.1, -0.05) is 11.6 Å². The largest absolute Gasteiger partial charge is 0.480 e. The van der Waals surface area contributed by atoms with E-state index < -0.39 is 0 Å². The topological polar surface area (TPSA) is 110 Å². The molecule has 194 valence electrons. The molecule has 0 radical (unpaired) electrons. The van der Waals surface area contributed by atoms with Gasteiger partial charge in [-0.2, -0.15) is 4.98 Å². The van der Waals surface area contributed by atoms with Gasteiger partial charge in [0.15, 0.2) is 0 Å². The van der Waals surface area contributed by atoms with E-state index in [0.717, 1.165) is 84.5 Å². The van der Waals surface area contributed by atoms with Crippen molar-refractivity contribution in [3.8, 4) is 5.88 Å². The molecule has 3 N–H and O–H groups in total. The number of nitrogens with zero attached hydrogens (tertiary/aromatic N) is 3. The second kappa shape index (κ2) is 12.2. The van der Waals surface area contributed by atoms with E-state index in [2.05, 4.69) is 20.1 Å². The lowest BCUT2D eigenvalue weighted by atomic mass is 9.94. The number of methoxy groups -OCH3 is 1. The van der Waals surface area contributed by atoms with Crippen molar-refractivity contribution in [2.24, 2.45) is 11.8 Å². The number of piperidine rings is 2. The maximum atomic E-state index is 12.8. The van der Waals surface area contributed by atoms with E-state index in [-0.39, 0.29) is 28.7 Å². The molecule has 35 heavy (non-hydrogen) atoms. The summed E-state index contributed by atoms with van der Waals surface area (Å²) in [6.07, 6.45) is 6.64. The van der Waals surface area contributed by atoms with Gasteiger partial charge in [0.2, 0.25) is 11.8 Å². The van der Waals surface area contributed by atoms with Gasteiger partial charge < -0.3 is 30.3 Å². The zero-order valence-electron chi connectivity index (χ0n) is 20.6. The summed E-state index contributed by atoms with van der Waals surface area (Å²) in [4.78, 5) is 33.9. The van der Waals surface area contributed by atoms with Crippen molar-refractivity contribution >= 4 is 29.2 Å². The van der Waals surface area contributed by atoms with Gasteiger partial charge in [-0.25, -0.2) is 0 Å². The Balaban J connectivity index is 1.15. The molecule has 3 aliphatic rings. The number of nitrogen functional groups attached to an aromatic ring is 1. The average Bonchev–Trinajstić information content (AvgIpc) is 3.39. The van der Waals surface area contributed by atoms with E-state index in [1.165, 1.54) is 13.2 Å². The van der Waals surface area contributed by atoms with Gasteiger partial charge >= 0.3 is 0 Å². The first-order valence-corrected chi connectivity index (χ1v) is 13.2. The zero-order chi connectivity index (χ0) is 24.8. The van der Waals surface area contributed by atoms with Crippen LogP contribution in [0.3, 0.4) is 0 Å². The summed E-state index contributed by atoms with van der Waals surface area (Å²) in [5.74, 6) is 1.57. The fraction of sp³-hybridized carbons (Fsp3) is 0.720. The quantitative estimate of drug-likeness (QED) is 0.556. The third-order valence-electron chi connectivity index (χ3n) is 7.60. The molecule has 0 aromatic carbocycles. The van der Waals surface area contributed by atoms with Crippen molar-refractivity contribution in [1.29, 1.82) is 0 Å². The van der Waals surface area contributed by atoms with Crippen LogP contribution < -0.4 is 15.8 Å².